The average molecular weight is 242 g/mol. The lowest BCUT2D eigenvalue weighted by atomic mass is 9.94. The van der Waals surface area contributed by atoms with Crippen molar-refractivity contribution < 1.29 is 9.53 Å². The van der Waals surface area contributed by atoms with Crippen molar-refractivity contribution in [1.82, 2.24) is 10.2 Å². The Morgan fingerprint density at radius 2 is 2.06 bits per heavy atom. The maximum atomic E-state index is 11.7. The van der Waals surface area contributed by atoms with Crippen LogP contribution in [0.3, 0.4) is 0 Å². The van der Waals surface area contributed by atoms with Crippen LogP contribution < -0.4 is 5.32 Å². The predicted octanol–water partition coefficient (Wildman–Crippen LogP) is 1.40. The SMILES string of the molecule is COCCCNC(=O)CN(C)C1CCCCC1. The van der Waals surface area contributed by atoms with Crippen LogP contribution >= 0.6 is 0 Å². The van der Waals surface area contributed by atoms with Gasteiger partial charge in [0.15, 0.2) is 0 Å². The van der Waals surface area contributed by atoms with Gasteiger partial charge >= 0.3 is 0 Å². The van der Waals surface area contributed by atoms with Crippen LogP contribution in [0.4, 0.5) is 0 Å². The first-order valence-corrected chi connectivity index (χ1v) is 6.70. The highest BCUT2D eigenvalue weighted by Crippen LogP contribution is 2.21. The summed E-state index contributed by atoms with van der Waals surface area (Å²) in [7, 11) is 3.74. The molecule has 0 radical (unpaired) electrons. The van der Waals surface area contributed by atoms with Gasteiger partial charge in [0.25, 0.3) is 0 Å². The van der Waals surface area contributed by atoms with Gasteiger partial charge in [0.2, 0.25) is 5.91 Å². The van der Waals surface area contributed by atoms with Gasteiger partial charge in [-0.15, -0.1) is 0 Å². The summed E-state index contributed by atoms with van der Waals surface area (Å²) in [5.41, 5.74) is 0. The number of hydrogen-bond donors (Lipinski definition) is 1. The summed E-state index contributed by atoms with van der Waals surface area (Å²) in [5.74, 6) is 0.133. The Kier molecular flexibility index (Phi) is 7.21. The summed E-state index contributed by atoms with van der Waals surface area (Å²) in [4.78, 5) is 13.9. The van der Waals surface area contributed by atoms with Crippen LogP contribution in [0.5, 0.6) is 0 Å². The van der Waals surface area contributed by atoms with E-state index in [9.17, 15) is 4.79 Å². The summed E-state index contributed by atoms with van der Waals surface area (Å²) >= 11 is 0. The minimum atomic E-state index is 0.133. The molecular formula is C13H26N2O2. The third kappa shape index (κ3) is 6.03. The Morgan fingerprint density at radius 3 is 2.71 bits per heavy atom. The molecule has 0 aromatic carbocycles. The number of methoxy groups -OCH3 is 1. The van der Waals surface area contributed by atoms with E-state index in [2.05, 4.69) is 17.3 Å². The normalized spacial score (nSPS) is 17.4. The summed E-state index contributed by atoms with van der Waals surface area (Å²) < 4.78 is 4.94. The summed E-state index contributed by atoms with van der Waals surface area (Å²) in [5, 5.41) is 2.93. The molecule has 1 N–H and O–H groups in total. The fraction of sp³-hybridized carbons (Fsp3) is 0.923. The molecular weight excluding hydrogens is 216 g/mol. The topological polar surface area (TPSA) is 41.6 Å². The second-order valence-corrected chi connectivity index (χ2v) is 4.90. The fourth-order valence-electron chi connectivity index (χ4n) is 2.38. The lowest BCUT2D eigenvalue weighted by molar-refractivity contribution is -0.122. The predicted molar refractivity (Wildman–Crippen MR) is 69.0 cm³/mol. The fourth-order valence-corrected chi connectivity index (χ4v) is 2.38. The number of likely N-dealkylation sites (N-methyl/N-ethyl adjacent to an activating group) is 1. The molecule has 0 spiro atoms. The zero-order valence-electron chi connectivity index (χ0n) is 11.2. The Morgan fingerprint density at radius 1 is 1.35 bits per heavy atom. The van der Waals surface area contributed by atoms with Gasteiger partial charge in [0, 0.05) is 26.3 Å². The molecule has 0 bridgehead atoms. The van der Waals surface area contributed by atoms with Crippen molar-refractivity contribution in [2.24, 2.45) is 0 Å². The number of nitrogens with one attached hydrogen (secondary N) is 1. The lowest BCUT2D eigenvalue weighted by Gasteiger charge is -2.30. The maximum Gasteiger partial charge on any atom is 0.234 e. The second-order valence-electron chi connectivity index (χ2n) is 4.90. The minimum Gasteiger partial charge on any atom is -0.385 e. The number of hydrogen-bond acceptors (Lipinski definition) is 3. The molecule has 0 aromatic heterocycles. The zero-order valence-corrected chi connectivity index (χ0v) is 11.2. The first kappa shape index (κ1) is 14.5. The third-order valence-electron chi connectivity index (χ3n) is 3.44. The molecule has 0 unspecified atom stereocenters. The van der Waals surface area contributed by atoms with E-state index in [1.165, 1.54) is 32.1 Å². The average Bonchev–Trinajstić information content (AvgIpc) is 2.36. The van der Waals surface area contributed by atoms with Gasteiger partial charge in [0.1, 0.15) is 0 Å². The number of amides is 1. The van der Waals surface area contributed by atoms with Crippen LogP contribution in [-0.2, 0) is 9.53 Å². The van der Waals surface area contributed by atoms with Gasteiger partial charge in [-0.2, -0.15) is 0 Å². The monoisotopic (exact) mass is 242 g/mol. The number of ether oxygens (including phenoxy) is 1. The highest BCUT2D eigenvalue weighted by atomic mass is 16.5. The molecule has 0 aromatic rings. The van der Waals surface area contributed by atoms with Gasteiger partial charge in [-0.1, -0.05) is 19.3 Å². The van der Waals surface area contributed by atoms with Crippen LogP contribution in [0.15, 0.2) is 0 Å². The van der Waals surface area contributed by atoms with Crippen molar-refractivity contribution >= 4 is 5.91 Å². The third-order valence-corrected chi connectivity index (χ3v) is 3.44. The van der Waals surface area contributed by atoms with Gasteiger partial charge in [-0.3, -0.25) is 9.69 Å². The van der Waals surface area contributed by atoms with E-state index in [0.29, 0.717) is 25.7 Å². The lowest BCUT2D eigenvalue weighted by Crippen LogP contribution is -2.41. The smallest absolute Gasteiger partial charge is 0.234 e. The van der Waals surface area contributed by atoms with E-state index in [4.69, 9.17) is 4.74 Å². The molecule has 1 aliphatic rings. The Hall–Kier alpha value is -0.610. The molecule has 0 aliphatic heterocycles. The molecule has 1 rings (SSSR count). The number of rotatable bonds is 7. The van der Waals surface area contributed by atoms with Crippen molar-refractivity contribution in [1.29, 1.82) is 0 Å². The molecule has 1 fully saturated rings. The standard InChI is InChI=1S/C13H26N2O2/c1-15(12-7-4-3-5-8-12)11-13(16)14-9-6-10-17-2/h12H,3-11H2,1-2H3,(H,14,16). The van der Waals surface area contributed by atoms with Crippen molar-refractivity contribution in [3.8, 4) is 0 Å². The van der Waals surface area contributed by atoms with Crippen LogP contribution in [0.25, 0.3) is 0 Å². The van der Waals surface area contributed by atoms with E-state index in [1.807, 2.05) is 0 Å². The molecule has 1 aliphatic carbocycles. The van der Waals surface area contributed by atoms with Gasteiger partial charge < -0.3 is 10.1 Å². The maximum absolute atomic E-state index is 11.7. The van der Waals surface area contributed by atoms with Gasteiger partial charge in [0.05, 0.1) is 6.54 Å². The Balaban J connectivity index is 2.11. The first-order chi connectivity index (χ1) is 8.24. The number of carbonyl (C=O) groups excluding carboxylic acids is 1. The minimum absolute atomic E-state index is 0.133. The molecule has 0 atom stereocenters. The summed E-state index contributed by atoms with van der Waals surface area (Å²) in [6.45, 7) is 1.95. The molecule has 4 nitrogen and oxygen atoms in total. The van der Waals surface area contributed by atoms with E-state index in [-0.39, 0.29) is 5.91 Å². The van der Waals surface area contributed by atoms with Crippen molar-refractivity contribution in [2.45, 2.75) is 44.6 Å². The number of nitrogens with zero attached hydrogens (tertiary/aromatic N) is 1. The number of carbonyl (C=O) groups is 1. The molecule has 1 amide bonds. The Labute approximate surface area is 105 Å². The van der Waals surface area contributed by atoms with Crippen LogP contribution in [-0.4, -0.2) is 50.7 Å². The van der Waals surface area contributed by atoms with Crippen LogP contribution in [0.2, 0.25) is 0 Å². The van der Waals surface area contributed by atoms with E-state index in [0.717, 1.165) is 6.42 Å². The van der Waals surface area contributed by atoms with Crippen molar-refractivity contribution in [3.63, 3.8) is 0 Å². The molecule has 4 heteroatoms. The van der Waals surface area contributed by atoms with E-state index >= 15 is 0 Å². The molecule has 17 heavy (non-hydrogen) atoms. The quantitative estimate of drug-likeness (QED) is 0.686. The summed E-state index contributed by atoms with van der Waals surface area (Å²) in [6.07, 6.45) is 7.35. The molecule has 100 valence electrons. The van der Waals surface area contributed by atoms with Gasteiger partial charge in [-0.05, 0) is 26.3 Å². The van der Waals surface area contributed by atoms with E-state index in [1.54, 1.807) is 7.11 Å². The molecule has 1 saturated carbocycles. The molecule has 0 heterocycles. The Bertz CT molecular complexity index is 215. The van der Waals surface area contributed by atoms with Gasteiger partial charge in [-0.25, -0.2) is 0 Å². The highest BCUT2D eigenvalue weighted by molar-refractivity contribution is 5.77. The first-order valence-electron chi connectivity index (χ1n) is 6.70. The summed E-state index contributed by atoms with van der Waals surface area (Å²) in [6, 6.07) is 0.605. The van der Waals surface area contributed by atoms with Crippen LogP contribution in [0.1, 0.15) is 38.5 Å². The van der Waals surface area contributed by atoms with Crippen molar-refractivity contribution in [2.75, 3.05) is 33.9 Å². The highest BCUT2D eigenvalue weighted by Gasteiger charge is 2.19. The van der Waals surface area contributed by atoms with Crippen LogP contribution in [0, 0.1) is 0 Å². The van der Waals surface area contributed by atoms with E-state index < -0.39 is 0 Å². The second kappa shape index (κ2) is 8.48. The zero-order chi connectivity index (χ0) is 12.5. The molecule has 0 saturated heterocycles. The van der Waals surface area contributed by atoms with Crippen molar-refractivity contribution in [3.05, 3.63) is 0 Å². The largest absolute Gasteiger partial charge is 0.385 e.